The number of para-hydroxylation sites is 1. The molecule has 1 aromatic carbocycles. The van der Waals surface area contributed by atoms with Crippen LogP contribution in [0, 0.1) is 0 Å². The van der Waals surface area contributed by atoms with E-state index in [-0.39, 0.29) is 11.3 Å². The van der Waals surface area contributed by atoms with Gasteiger partial charge < -0.3 is 10.1 Å². The van der Waals surface area contributed by atoms with Crippen LogP contribution in [0.25, 0.3) is 0 Å². The topological polar surface area (TPSA) is 50.7 Å². The number of methoxy groups -OCH3 is 1. The summed E-state index contributed by atoms with van der Waals surface area (Å²) < 4.78 is 136. The smallest absolute Gasteiger partial charge is 0.443 e. The molecule has 30 heavy (non-hydrogen) atoms. The molecule has 1 aromatic rings. The van der Waals surface area contributed by atoms with Crippen LogP contribution >= 0.6 is 11.8 Å². The number of nitrogens with zero attached hydrogens (tertiary/aromatic N) is 1. The van der Waals surface area contributed by atoms with Crippen molar-refractivity contribution in [3.05, 3.63) is 40.6 Å². The van der Waals surface area contributed by atoms with Crippen LogP contribution in [-0.4, -0.2) is 42.3 Å². The first kappa shape index (κ1) is 23.8. The molecular formula is C15H8F10N2O2S. The van der Waals surface area contributed by atoms with E-state index in [1.165, 1.54) is 23.5 Å². The van der Waals surface area contributed by atoms with Crippen LogP contribution in [0.3, 0.4) is 0 Å². The molecule has 0 atom stereocenters. The van der Waals surface area contributed by atoms with Crippen molar-refractivity contribution in [2.45, 2.75) is 24.1 Å². The highest BCUT2D eigenvalue weighted by Gasteiger charge is 2.77. The summed E-state index contributed by atoms with van der Waals surface area (Å²) in [4.78, 5) is 11.6. The largest absolute Gasteiger partial charge is 0.496 e. The number of alkyl halides is 9. The van der Waals surface area contributed by atoms with Crippen LogP contribution in [0.4, 0.5) is 43.9 Å². The summed E-state index contributed by atoms with van der Waals surface area (Å²) in [5.74, 6) is -5.12. The highest BCUT2D eigenvalue weighted by atomic mass is 32.2. The SMILES string of the molecule is COc1ccccc1C(=O)NC1=NC(C(F)(F)F)(C(F)(F)F)C(=C(F)C(F)(F)F)S1. The highest BCUT2D eigenvalue weighted by Crippen LogP contribution is 2.59. The van der Waals surface area contributed by atoms with Gasteiger partial charge in [-0.25, -0.2) is 9.38 Å². The van der Waals surface area contributed by atoms with E-state index in [0.29, 0.717) is 0 Å². The molecule has 0 saturated carbocycles. The van der Waals surface area contributed by atoms with Crippen LogP contribution in [0.5, 0.6) is 5.75 Å². The Kier molecular flexibility index (Phi) is 6.09. The van der Waals surface area contributed by atoms with E-state index in [0.717, 1.165) is 13.2 Å². The predicted octanol–water partition coefficient (Wildman–Crippen LogP) is 5.13. The summed E-state index contributed by atoms with van der Waals surface area (Å²) in [5.41, 5.74) is -5.92. The fraction of sp³-hybridized carbons (Fsp3) is 0.333. The number of amidine groups is 1. The van der Waals surface area contributed by atoms with Gasteiger partial charge in [0.05, 0.1) is 17.6 Å². The summed E-state index contributed by atoms with van der Waals surface area (Å²) in [6.45, 7) is 0. The third-order valence-electron chi connectivity index (χ3n) is 3.64. The second-order valence-corrected chi connectivity index (χ2v) is 6.52. The van der Waals surface area contributed by atoms with Crippen molar-refractivity contribution in [1.82, 2.24) is 5.32 Å². The maximum absolute atomic E-state index is 13.7. The average molecular weight is 470 g/mol. The van der Waals surface area contributed by atoms with E-state index < -0.39 is 57.6 Å². The number of hydrogen-bond donors (Lipinski definition) is 1. The number of benzene rings is 1. The van der Waals surface area contributed by atoms with Crippen LogP contribution < -0.4 is 10.1 Å². The molecule has 0 saturated heterocycles. The molecule has 1 amide bonds. The molecule has 1 aliphatic heterocycles. The number of halogens is 10. The summed E-state index contributed by atoms with van der Waals surface area (Å²) in [7, 11) is 1.10. The van der Waals surface area contributed by atoms with E-state index in [9.17, 15) is 48.7 Å². The van der Waals surface area contributed by atoms with Crippen LogP contribution in [-0.2, 0) is 0 Å². The van der Waals surface area contributed by atoms with Gasteiger partial charge in [0.25, 0.3) is 11.4 Å². The van der Waals surface area contributed by atoms with E-state index in [1.807, 2.05) is 0 Å². The number of hydrogen-bond acceptors (Lipinski definition) is 4. The number of amides is 1. The van der Waals surface area contributed by atoms with E-state index >= 15 is 0 Å². The van der Waals surface area contributed by atoms with Gasteiger partial charge in [-0.05, 0) is 12.1 Å². The number of rotatable bonds is 2. The zero-order valence-corrected chi connectivity index (χ0v) is 15.1. The number of carbonyl (C=O) groups is 1. The molecule has 4 nitrogen and oxygen atoms in total. The van der Waals surface area contributed by atoms with E-state index in [2.05, 4.69) is 4.99 Å². The van der Waals surface area contributed by atoms with Crippen LogP contribution in [0.15, 0.2) is 40.0 Å². The lowest BCUT2D eigenvalue weighted by Crippen LogP contribution is -2.55. The fourth-order valence-corrected chi connectivity index (χ4v) is 3.47. The Morgan fingerprint density at radius 1 is 1.03 bits per heavy atom. The summed E-state index contributed by atoms with van der Waals surface area (Å²) >= 11 is -0.935. The molecule has 0 fully saturated rings. The summed E-state index contributed by atoms with van der Waals surface area (Å²) in [5, 5.41) is -0.00147. The molecular weight excluding hydrogens is 462 g/mol. The quantitative estimate of drug-likeness (QED) is 0.610. The van der Waals surface area contributed by atoms with Gasteiger partial charge in [-0.1, -0.05) is 23.9 Å². The molecule has 0 aromatic heterocycles. The third kappa shape index (κ3) is 4.06. The molecule has 0 spiro atoms. The van der Waals surface area contributed by atoms with Crippen molar-refractivity contribution in [3.8, 4) is 5.75 Å². The average Bonchev–Trinajstić information content (AvgIpc) is 3.00. The number of allylic oxidation sites excluding steroid dienone is 1. The Bertz CT molecular complexity index is 888. The van der Waals surface area contributed by atoms with Gasteiger partial charge in [-0.15, -0.1) is 0 Å². The molecule has 0 bridgehead atoms. The molecule has 0 aliphatic carbocycles. The minimum Gasteiger partial charge on any atom is -0.496 e. The van der Waals surface area contributed by atoms with Gasteiger partial charge >= 0.3 is 18.5 Å². The van der Waals surface area contributed by atoms with Crippen molar-refractivity contribution in [1.29, 1.82) is 0 Å². The molecule has 166 valence electrons. The lowest BCUT2D eigenvalue weighted by atomic mass is 9.97. The fourth-order valence-electron chi connectivity index (χ4n) is 2.32. The Labute approximate surface area is 165 Å². The normalized spacial score (nSPS) is 18.7. The van der Waals surface area contributed by atoms with E-state index in [4.69, 9.17) is 4.74 Å². The molecule has 1 aliphatic rings. The lowest BCUT2D eigenvalue weighted by Gasteiger charge is -2.31. The van der Waals surface area contributed by atoms with Gasteiger partial charge in [-0.3, -0.25) is 4.79 Å². The third-order valence-corrected chi connectivity index (χ3v) is 4.70. The molecule has 2 rings (SSSR count). The second-order valence-electron chi connectivity index (χ2n) is 5.52. The van der Waals surface area contributed by atoms with Gasteiger partial charge in [0.2, 0.25) is 5.83 Å². The Hall–Kier alpha value is -2.45. The zero-order valence-electron chi connectivity index (χ0n) is 14.3. The number of nitrogens with one attached hydrogen (secondary N) is 1. The maximum Gasteiger partial charge on any atom is 0.443 e. The Morgan fingerprint density at radius 3 is 2.03 bits per heavy atom. The van der Waals surface area contributed by atoms with Gasteiger partial charge in [0.15, 0.2) is 5.17 Å². The first-order chi connectivity index (χ1) is 13.6. The molecule has 15 heteroatoms. The van der Waals surface area contributed by atoms with Crippen molar-refractivity contribution in [2.24, 2.45) is 4.99 Å². The van der Waals surface area contributed by atoms with Gasteiger partial charge in [0.1, 0.15) is 5.75 Å². The first-order valence-corrected chi connectivity index (χ1v) is 8.21. The van der Waals surface area contributed by atoms with Crippen molar-refractivity contribution in [2.75, 3.05) is 7.11 Å². The van der Waals surface area contributed by atoms with Crippen molar-refractivity contribution >= 4 is 22.8 Å². The van der Waals surface area contributed by atoms with Crippen molar-refractivity contribution in [3.63, 3.8) is 0 Å². The standard InChI is InChI=1S/C15H8F10N2O2S/c1-29-7-5-3-2-4-6(7)10(28)26-11-27-12(14(20,21)22,15(23,24)25)9(30-11)8(16)13(17,18)19/h2-5H,1H3,(H,26,27,28). The predicted molar refractivity (Wildman–Crippen MR) is 84.5 cm³/mol. The van der Waals surface area contributed by atoms with Gasteiger partial charge in [-0.2, -0.15) is 39.5 Å². The van der Waals surface area contributed by atoms with Crippen molar-refractivity contribution < 1.29 is 53.4 Å². The molecule has 0 radical (unpaired) electrons. The summed E-state index contributed by atoms with van der Waals surface area (Å²) in [6.07, 6.45) is -19.2. The molecule has 0 unspecified atom stereocenters. The highest BCUT2D eigenvalue weighted by molar-refractivity contribution is 8.17. The molecule has 1 N–H and O–H groups in total. The van der Waals surface area contributed by atoms with E-state index in [1.54, 1.807) is 0 Å². The number of thioether (sulfide) groups is 1. The van der Waals surface area contributed by atoms with Crippen LogP contribution in [0.2, 0.25) is 0 Å². The monoisotopic (exact) mass is 470 g/mol. The Balaban J connectivity index is 2.62. The lowest BCUT2D eigenvalue weighted by molar-refractivity contribution is -0.280. The molecule has 1 heterocycles. The summed E-state index contributed by atoms with van der Waals surface area (Å²) in [6, 6.07) is 4.95. The minimum atomic E-state index is -6.51. The van der Waals surface area contributed by atoms with Gasteiger partial charge in [0, 0.05) is 0 Å². The number of ether oxygens (including phenoxy) is 1. The number of aliphatic imine (C=N–C) groups is 1. The van der Waals surface area contributed by atoms with Crippen LogP contribution in [0.1, 0.15) is 10.4 Å². The second kappa shape index (κ2) is 7.67. The number of carbonyl (C=O) groups excluding carboxylic acids is 1. The first-order valence-electron chi connectivity index (χ1n) is 7.39. The minimum absolute atomic E-state index is 0.145. The maximum atomic E-state index is 13.7. The zero-order chi connectivity index (χ0) is 23.1. The Morgan fingerprint density at radius 2 is 1.57 bits per heavy atom.